The fraction of sp³-hybridized carbons (Fsp3) is 0.889. The Morgan fingerprint density at radius 2 is 2.33 bits per heavy atom. The SMILES string of the molecule is O=C(O)CC1CCNC2(CC2)C1. The Bertz CT molecular complexity index is 199. The van der Waals surface area contributed by atoms with Gasteiger partial charge < -0.3 is 10.4 Å². The molecule has 1 unspecified atom stereocenters. The monoisotopic (exact) mass is 169 g/mol. The molecule has 1 saturated carbocycles. The molecule has 0 bridgehead atoms. The van der Waals surface area contributed by atoms with Crippen LogP contribution in [0.4, 0.5) is 0 Å². The summed E-state index contributed by atoms with van der Waals surface area (Å²) in [4.78, 5) is 10.5. The van der Waals surface area contributed by atoms with E-state index in [1.807, 2.05) is 0 Å². The molecular formula is C9H15NO2. The molecule has 12 heavy (non-hydrogen) atoms. The molecule has 1 spiro atoms. The number of aliphatic carboxylic acids is 1. The molecule has 0 aromatic rings. The lowest BCUT2D eigenvalue weighted by Crippen LogP contribution is -2.40. The van der Waals surface area contributed by atoms with Gasteiger partial charge in [0.25, 0.3) is 0 Å². The molecule has 0 aromatic heterocycles. The van der Waals surface area contributed by atoms with E-state index in [0.29, 0.717) is 17.9 Å². The summed E-state index contributed by atoms with van der Waals surface area (Å²) in [5, 5.41) is 12.1. The van der Waals surface area contributed by atoms with Crippen LogP contribution in [0.25, 0.3) is 0 Å². The summed E-state index contributed by atoms with van der Waals surface area (Å²) in [6, 6.07) is 0. The van der Waals surface area contributed by atoms with Crippen molar-refractivity contribution < 1.29 is 9.90 Å². The summed E-state index contributed by atoms with van der Waals surface area (Å²) in [7, 11) is 0. The molecule has 68 valence electrons. The average Bonchev–Trinajstić information content (AvgIpc) is 2.68. The summed E-state index contributed by atoms with van der Waals surface area (Å²) in [5.41, 5.74) is 0.373. The van der Waals surface area contributed by atoms with Crippen molar-refractivity contribution in [2.45, 2.75) is 37.6 Å². The number of carboxylic acid groups (broad SMARTS) is 1. The van der Waals surface area contributed by atoms with Gasteiger partial charge in [0.15, 0.2) is 0 Å². The van der Waals surface area contributed by atoms with E-state index in [1.165, 1.54) is 12.8 Å². The van der Waals surface area contributed by atoms with E-state index in [1.54, 1.807) is 0 Å². The van der Waals surface area contributed by atoms with Crippen LogP contribution >= 0.6 is 0 Å². The van der Waals surface area contributed by atoms with Crippen molar-refractivity contribution >= 4 is 5.97 Å². The lowest BCUT2D eigenvalue weighted by atomic mass is 9.88. The van der Waals surface area contributed by atoms with Gasteiger partial charge in [-0.15, -0.1) is 0 Å². The Morgan fingerprint density at radius 1 is 1.58 bits per heavy atom. The fourth-order valence-corrected chi connectivity index (χ4v) is 2.22. The Kier molecular flexibility index (Phi) is 1.83. The molecule has 1 heterocycles. The van der Waals surface area contributed by atoms with Gasteiger partial charge >= 0.3 is 5.97 Å². The van der Waals surface area contributed by atoms with Crippen LogP contribution in [-0.4, -0.2) is 23.2 Å². The van der Waals surface area contributed by atoms with Crippen molar-refractivity contribution in [3.8, 4) is 0 Å². The van der Waals surface area contributed by atoms with E-state index in [4.69, 9.17) is 5.11 Å². The van der Waals surface area contributed by atoms with Gasteiger partial charge in [-0.05, 0) is 38.1 Å². The molecule has 3 heteroatoms. The van der Waals surface area contributed by atoms with Crippen LogP contribution in [0, 0.1) is 5.92 Å². The average molecular weight is 169 g/mol. The first-order valence-corrected chi connectivity index (χ1v) is 4.67. The Morgan fingerprint density at radius 3 is 2.92 bits per heavy atom. The van der Waals surface area contributed by atoms with Gasteiger partial charge in [0.1, 0.15) is 0 Å². The van der Waals surface area contributed by atoms with Gasteiger partial charge in [-0.25, -0.2) is 0 Å². The Balaban J connectivity index is 1.86. The zero-order chi connectivity index (χ0) is 8.60. The fourth-order valence-electron chi connectivity index (χ4n) is 2.22. The molecule has 1 atom stereocenters. The van der Waals surface area contributed by atoms with E-state index in [2.05, 4.69) is 5.32 Å². The summed E-state index contributed by atoms with van der Waals surface area (Å²) in [6.07, 6.45) is 4.99. The summed E-state index contributed by atoms with van der Waals surface area (Å²) in [6.45, 7) is 1.01. The highest BCUT2D eigenvalue weighted by Crippen LogP contribution is 2.44. The van der Waals surface area contributed by atoms with Gasteiger partial charge in [-0.2, -0.15) is 0 Å². The second-order valence-corrected chi connectivity index (χ2v) is 4.16. The van der Waals surface area contributed by atoms with Gasteiger partial charge in [0.2, 0.25) is 0 Å². The van der Waals surface area contributed by atoms with E-state index >= 15 is 0 Å². The van der Waals surface area contributed by atoms with Gasteiger partial charge in [0, 0.05) is 12.0 Å². The highest BCUT2D eigenvalue weighted by molar-refractivity contribution is 5.67. The normalized spacial score (nSPS) is 31.8. The van der Waals surface area contributed by atoms with Crippen molar-refractivity contribution in [1.82, 2.24) is 5.32 Å². The van der Waals surface area contributed by atoms with E-state index < -0.39 is 5.97 Å². The first-order chi connectivity index (χ1) is 5.70. The third kappa shape index (κ3) is 1.61. The molecule has 2 rings (SSSR count). The highest BCUT2D eigenvalue weighted by Gasteiger charge is 2.45. The van der Waals surface area contributed by atoms with E-state index in [0.717, 1.165) is 19.4 Å². The maximum atomic E-state index is 10.5. The minimum Gasteiger partial charge on any atom is -0.481 e. The number of hydrogen-bond acceptors (Lipinski definition) is 2. The van der Waals surface area contributed by atoms with Crippen LogP contribution in [0.2, 0.25) is 0 Å². The van der Waals surface area contributed by atoms with Crippen LogP contribution in [-0.2, 0) is 4.79 Å². The zero-order valence-corrected chi connectivity index (χ0v) is 7.18. The molecule has 0 aromatic carbocycles. The quantitative estimate of drug-likeness (QED) is 0.648. The summed E-state index contributed by atoms with van der Waals surface area (Å²) < 4.78 is 0. The lowest BCUT2D eigenvalue weighted by molar-refractivity contribution is -0.138. The zero-order valence-electron chi connectivity index (χ0n) is 7.18. The van der Waals surface area contributed by atoms with Crippen LogP contribution in [0.1, 0.15) is 32.1 Å². The predicted octanol–water partition coefficient (Wildman–Crippen LogP) is 0.993. The van der Waals surface area contributed by atoms with Crippen molar-refractivity contribution in [3.05, 3.63) is 0 Å². The molecule has 1 saturated heterocycles. The van der Waals surface area contributed by atoms with E-state index in [9.17, 15) is 4.79 Å². The van der Waals surface area contributed by atoms with Crippen molar-refractivity contribution in [1.29, 1.82) is 0 Å². The maximum Gasteiger partial charge on any atom is 0.303 e. The highest BCUT2D eigenvalue weighted by atomic mass is 16.4. The van der Waals surface area contributed by atoms with Gasteiger partial charge in [0.05, 0.1) is 0 Å². The smallest absolute Gasteiger partial charge is 0.303 e. The predicted molar refractivity (Wildman–Crippen MR) is 44.9 cm³/mol. The standard InChI is InChI=1S/C9H15NO2/c11-8(12)5-7-1-4-10-9(6-7)2-3-9/h7,10H,1-6H2,(H,11,12). The maximum absolute atomic E-state index is 10.5. The van der Waals surface area contributed by atoms with Crippen molar-refractivity contribution in [2.24, 2.45) is 5.92 Å². The number of nitrogens with one attached hydrogen (secondary N) is 1. The number of carboxylic acids is 1. The minimum atomic E-state index is -0.641. The first kappa shape index (κ1) is 8.05. The minimum absolute atomic E-state index is 0.365. The second-order valence-electron chi connectivity index (χ2n) is 4.16. The molecule has 1 aliphatic carbocycles. The van der Waals surface area contributed by atoms with Crippen LogP contribution in [0.3, 0.4) is 0 Å². The van der Waals surface area contributed by atoms with Gasteiger partial charge in [-0.1, -0.05) is 0 Å². The lowest BCUT2D eigenvalue weighted by Gasteiger charge is -2.29. The Labute approximate surface area is 72.2 Å². The summed E-state index contributed by atoms with van der Waals surface area (Å²) >= 11 is 0. The van der Waals surface area contributed by atoms with Crippen LogP contribution in [0.5, 0.6) is 0 Å². The largest absolute Gasteiger partial charge is 0.481 e. The van der Waals surface area contributed by atoms with Crippen molar-refractivity contribution in [2.75, 3.05) is 6.54 Å². The Hall–Kier alpha value is -0.570. The van der Waals surface area contributed by atoms with Gasteiger partial charge in [-0.3, -0.25) is 4.79 Å². The van der Waals surface area contributed by atoms with Crippen LogP contribution in [0.15, 0.2) is 0 Å². The second kappa shape index (κ2) is 2.73. The summed E-state index contributed by atoms with van der Waals surface area (Å²) in [5.74, 6) is -0.219. The third-order valence-corrected chi connectivity index (χ3v) is 3.05. The molecule has 2 aliphatic rings. The molecule has 1 aliphatic heterocycles. The number of hydrogen-bond donors (Lipinski definition) is 2. The molecule has 3 nitrogen and oxygen atoms in total. The topological polar surface area (TPSA) is 49.3 Å². The molecule has 0 amide bonds. The number of carbonyl (C=O) groups is 1. The molecular weight excluding hydrogens is 154 g/mol. The first-order valence-electron chi connectivity index (χ1n) is 4.67. The molecule has 2 fully saturated rings. The van der Waals surface area contributed by atoms with Crippen molar-refractivity contribution in [3.63, 3.8) is 0 Å². The van der Waals surface area contributed by atoms with Crippen LogP contribution < -0.4 is 5.32 Å². The van der Waals surface area contributed by atoms with E-state index in [-0.39, 0.29) is 0 Å². The molecule has 0 radical (unpaired) electrons. The third-order valence-electron chi connectivity index (χ3n) is 3.05. The number of rotatable bonds is 2. The number of piperidine rings is 1. The molecule has 2 N–H and O–H groups in total.